The zero-order valence-corrected chi connectivity index (χ0v) is 17.1. The predicted octanol–water partition coefficient (Wildman–Crippen LogP) is 3.95. The van der Waals surface area contributed by atoms with Gasteiger partial charge in [0.25, 0.3) is 0 Å². The van der Waals surface area contributed by atoms with Crippen molar-refractivity contribution in [2.45, 2.75) is 50.7 Å². The van der Waals surface area contributed by atoms with Crippen LogP contribution >= 0.6 is 23.7 Å². The van der Waals surface area contributed by atoms with Crippen LogP contribution in [-0.2, 0) is 10.0 Å². The lowest BCUT2D eigenvalue weighted by molar-refractivity contribution is 0.0702. The molecule has 0 bridgehead atoms. The van der Waals surface area contributed by atoms with Gasteiger partial charge < -0.3 is 10.5 Å². The number of ether oxygens (including phenoxy) is 1. The highest BCUT2D eigenvalue weighted by molar-refractivity contribution is 7.89. The van der Waals surface area contributed by atoms with Crippen LogP contribution in [-0.4, -0.2) is 14.0 Å². The first kappa shape index (κ1) is 20.0. The molecule has 0 fully saturated rings. The van der Waals surface area contributed by atoms with Gasteiger partial charge in [0, 0.05) is 27.4 Å². The topological polar surface area (TPSA) is 81.4 Å². The van der Waals surface area contributed by atoms with Crippen molar-refractivity contribution in [2.24, 2.45) is 0 Å². The Morgan fingerprint density at radius 1 is 1.28 bits per heavy atom. The van der Waals surface area contributed by atoms with Crippen molar-refractivity contribution in [1.82, 2.24) is 4.72 Å². The predicted molar refractivity (Wildman–Crippen MR) is 104 cm³/mol. The Kier molecular flexibility index (Phi) is 5.45. The molecule has 0 saturated carbocycles. The molecule has 0 saturated heterocycles. The Morgan fingerprint density at radius 2 is 1.96 bits per heavy atom. The van der Waals surface area contributed by atoms with E-state index in [0.29, 0.717) is 22.8 Å². The van der Waals surface area contributed by atoms with Gasteiger partial charge in [-0.1, -0.05) is 0 Å². The van der Waals surface area contributed by atoms with Gasteiger partial charge in [0.05, 0.1) is 10.9 Å². The average molecular weight is 403 g/mol. The first-order valence-electron chi connectivity index (χ1n) is 7.75. The van der Waals surface area contributed by atoms with E-state index < -0.39 is 15.6 Å². The second-order valence-corrected chi connectivity index (χ2v) is 9.96. The lowest BCUT2D eigenvalue weighted by Crippen LogP contribution is -2.41. The number of nitrogens with one attached hydrogen (secondary N) is 1. The van der Waals surface area contributed by atoms with Gasteiger partial charge in [-0.15, -0.1) is 23.7 Å². The van der Waals surface area contributed by atoms with Crippen LogP contribution in [0.25, 0.3) is 0 Å². The molecule has 0 aliphatic carbocycles. The lowest BCUT2D eigenvalue weighted by atomic mass is 9.90. The Labute approximate surface area is 159 Å². The fourth-order valence-corrected chi connectivity index (χ4v) is 5.87. The molecule has 1 aromatic carbocycles. The molecule has 8 heteroatoms. The summed E-state index contributed by atoms with van der Waals surface area (Å²) in [6.07, 6.45) is 0.533. The first-order chi connectivity index (χ1) is 11.1. The molecule has 5 nitrogen and oxygen atoms in total. The van der Waals surface area contributed by atoms with E-state index in [0.717, 1.165) is 15.3 Å². The molecule has 1 aliphatic rings. The molecular weight excluding hydrogens is 380 g/mol. The van der Waals surface area contributed by atoms with Crippen molar-refractivity contribution in [3.05, 3.63) is 39.6 Å². The van der Waals surface area contributed by atoms with Gasteiger partial charge in [0.1, 0.15) is 11.4 Å². The second-order valence-electron chi connectivity index (χ2n) is 6.81. The van der Waals surface area contributed by atoms with E-state index in [1.807, 2.05) is 27.7 Å². The Bertz CT molecular complexity index is 891. The van der Waals surface area contributed by atoms with E-state index in [1.165, 1.54) is 11.3 Å². The summed E-state index contributed by atoms with van der Waals surface area (Å²) in [6.45, 7) is 7.64. The van der Waals surface area contributed by atoms with Crippen LogP contribution in [0.1, 0.15) is 41.6 Å². The summed E-state index contributed by atoms with van der Waals surface area (Å²) in [5.74, 6) is 0.673. The first-order valence-corrected chi connectivity index (χ1v) is 10.1. The minimum Gasteiger partial charge on any atom is -0.487 e. The van der Waals surface area contributed by atoms with Gasteiger partial charge in [-0.25, -0.2) is 13.1 Å². The van der Waals surface area contributed by atoms with Crippen LogP contribution in [0.15, 0.2) is 29.2 Å². The van der Waals surface area contributed by atoms with Crippen LogP contribution < -0.4 is 15.2 Å². The zero-order valence-electron chi connectivity index (χ0n) is 14.6. The normalized spacial score (nSPS) is 18.8. The van der Waals surface area contributed by atoms with E-state index in [2.05, 4.69) is 4.72 Å². The van der Waals surface area contributed by atoms with Crippen LogP contribution in [0.2, 0.25) is 0 Å². The van der Waals surface area contributed by atoms with Crippen molar-refractivity contribution in [3.63, 3.8) is 0 Å². The summed E-state index contributed by atoms with van der Waals surface area (Å²) in [4.78, 5) is 2.11. The number of anilines is 1. The molecule has 138 valence electrons. The minimum absolute atomic E-state index is 0. The maximum absolute atomic E-state index is 12.9. The van der Waals surface area contributed by atoms with Gasteiger partial charge in [-0.05, 0) is 52.0 Å². The number of hydrogen-bond donors (Lipinski definition) is 2. The largest absolute Gasteiger partial charge is 0.487 e. The number of sulfonamides is 1. The summed E-state index contributed by atoms with van der Waals surface area (Å²) in [5.41, 5.74) is 6.79. The summed E-state index contributed by atoms with van der Waals surface area (Å²) in [6, 6.07) is 6.68. The van der Waals surface area contributed by atoms with Crippen molar-refractivity contribution < 1.29 is 13.2 Å². The molecule has 3 N–H and O–H groups in total. The van der Waals surface area contributed by atoms with Crippen molar-refractivity contribution in [1.29, 1.82) is 0 Å². The van der Waals surface area contributed by atoms with Crippen LogP contribution in [0.3, 0.4) is 0 Å². The molecule has 0 amide bonds. The van der Waals surface area contributed by atoms with Gasteiger partial charge in [-0.2, -0.15) is 0 Å². The molecule has 1 unspecified atom stereocenters. The molecule has 1 aliphatic heterocycles. The quantitative estimate of drug-likeness (QED) is 0.761. The third kappa shape index (κ3) is 4.11. The fraction of sp³-hybridized carbons (Fsp3) is 0.412. The molecule has 2 aromatic rings. The van der Waals surface area contributed by atoms with Gasteiger partial charge in [0.15, 0.2) is 0 Å². The van der Waals surface area contributed by atoms with Gasteiger partial charge in [0.2, 0.25) is 10.0 Å². The van der Waals surface area contributed by atoms with E-state index in [4.69, 9.17) is 10.5 Å². The van der Waals surface area contributed by atoms with Crippen LogP contribution in [0.5, 0.6) is 5.75 Å². The van der Waals surface area contributed by atoms with E-state index in [1.54, 1.807) is 24.3 Å². The highest BCUT2D eigenvalue weighted by atomic mass is 35.5. The summed E-state index contributed by atoms with van der Waals surface area (Å²) in [5, 5.41) is 0. The SMILES string of the molecule is Cc1cc(S(=O)(=O)NC2CC(C)(C)Oc3ccc(N)cc32)c(C)s1.Cl. The summed E-state index contributed by atoms with van der Waals surface area (Å²) >= 11 is 1.48. The van der Waals surface area contributed by atoms with Gasteiger partial charge in [-0.3, -0.25) is 0 Å². The maximum Gasteiger partial charge on any atom is 0.242 e. The fourth-order valence-electron chi connectivity index (χ4n) is 3.10. The third-order valence-electron chi connectivity index (χ3n) is 4.07. The average Bonchev–Trinajstić information content (AvgIpc) is 2.78. The molecule has 1 aromatic heterocycles. The van der Waals surface area contributed by atoms with Crippen molar-refractivity contribution >= 4 is 39.5 Å². The minimum atomic E-state index is -3.61. The Balaban J connectivity index is 0.00000225. The lowest BCUT2D eigenvalue weighted by Gasteiger charge is -2.37. The highest BCUT2D eigenvalue weighted by Crippen LogP contribution is 2.41. The molecule has 3 rings (SSSR count). The van der Waals surface area contributed by atoms with Gasteiger partial charge >= 0.3 is 0 Å². The molecule has 1 atom stereocenters. The number of thiophene rings is 1. The standard InChI is InChI=1S/C17H22N2O3S2.ClH/c1-10-7-16(11(2)23-10)24(20,21)19-14-9-17(3,4)22-15-6-5-12(18)8-13(14)15;/h5-8,14,19H,9,18H2,1-4H3;1H. The van der Waals surface area contributed by atoms with Crippen LogP contribution in [0, 0.1) is 13.8 Å². The zero-order chi connectivity index (χ0) is 17.7. The van der Waals surface area contributed by atoms with E-state index in [9.17, 15) is 8.42 Å². The Hall–Kier alpha value is -1.28. The molecule has 2 heterocycles. The maximum atomic E-state index is 12.9. The van der Waals surface area contributed by atoms with E-state index in [-0.39, 0.29) is 18.4 Å². The second kappa shape index (κ2) is 6.79. The van der Waals surface area contributed by atoms with Crippen molar-refractivity contribution in [2.75, 3.05) is 5.73 Å². The number of benzene rings is 1. The number of hydrogen-bond acceptors (Lipinski definition) is 5. The molecular formula is C17H23ClN2O3S2. The van der Waals surface area contributed by atoms with Crippen molar-refractivity contribution in [3.8, 4) is 5.75 Å². The monoisotopic (exact) mass is 402 g/mol. The highest BCUT2D eigenvalue weighted by Gasteiger charge is 2.36. The van der Waals surface area contributed by atoms with E-state index >= 15 is 0 Å². The Morgan fingerprint density at radius 3 is 2.56 bits per heavy atom. The molecule has 25 heavy (non-hydrogen) atoms. The molecule has 0 spiro atoms. The van der Waals surface area contributed by atoms with Crippen LogP contribution in [0.4, 0.5) is 5.69 Å². The summed E-state index contributed by atoms with van der Waals surface area (Å²) in [7, 11) is -3.61. The number of nitrogens with two attached hydrogens (primary N) is 1. The number of nitrogen functional groups attached to an aromatic ring is 1. The number of rotatable bonds is 3. The number of fused-ring (bicyclic) bond motifs is 1. The smallest absolute Gasteiger partial charge is 0.242 e. The summed E-state index contributed by atoms with van der Waals surface area (Å²) < 4.78 is 34.5. The number of halogens is 1. The third-order valence-corrected chi connectivity index (χ3v) is 6.77. The molecule has 0 radical (unpaired) electrons. The number of aryl methyl sites for hydroxylation is 2.